The van der Waals surface area contributed by atoms with E-state index >= 15 is 0 Å². The second kappa shape index (κ2) is 5.99. The van der Waals surface area contributed by atoms with Crippen LogP contribution < -0.4 is 10.6 Å². The summed E-state index contributed by atoms with van der Waals surface area (Å²) in [6.45, 7) is 4.55. The van der Waals surface area contributed by atoms with Crippen LogP contribution in [-0.4, -0.2) is 57.7 Å². The fourth-order valence-corrected chi connectivity index (χ4v) is 3.49. The molecule has 1 saturated heterocycles. The van der Waals surface area contributed by atoms with E-state index in [9.17, 15) is 13.2 Å². The van der Waals surface area contributed by atoms with Crippen LogP contribution in [0.15, 0.2) is 0 Å². The first-order valence-electron chi connectivity index (χ1n) is 5.98. The Bertz CT molecular complexity index is 392. The van der Waals surface area contributed by atoms with Gasteiger partial charge in [-0.1, -0.05) is 0 Å². The van der Waals surface area contributed by atoms with Gasteiger partial charge in [0.15, 0.2) is 9.84 Å². The zero-order valence-corrected chi connectivity index (χ0v) is 12.0. The van der Waals surface area contributed by atoms with Crippen molar-refractivity contribution in [1.82, 2.24) is 10.6 Å². The topological polar surface area (TPSA) is 84.5 Å². The number of hydrogen-bond donors (Lipinski definition) is 2. The number of sulfone groups is 1. The number of amides is 1. The molecule has 0 bridgehead atoms. The Kier molecular flexibility index (Phi) is 5.12. The van der Waals surface area contributed by atoms with E-state index in [-0.39, 0.29) is 29.9 Å². The summed E-state index contributed by atoms with van der Waals surface area (Å²) in [4.78, 5) is 11.8. The third-order valence-corrected chi connectivity index (χ3v) is 4.45. The van der Waals surface area contributed by atoms with Crippen LogP contribution in [0.5, 0.6) is 0 Å². The summed E-state index contributed by atoms with van der Waals surface area (Å²) in [5, 5.41) is 5.89. The first-order valence-corrected chi connectivity index (χ1v) is 7.80. The van der Waals surface area contributed by atoms with Gasteiger partial charge in [0.2, 0.25) is 5.91 Å². The highest BCUT2D eigenvalue weighted by molar-refractivity contribution is 7.91. The molecule has 1 rings (SSSR count). The third kappa shape index (κ3) is 5.32. The summed E-state index contributed by atoms with van der Waals surface area (Å²) in [5.74, 6) is 0.0254. The molecule has 2 N–H and O–H groups in total. The van der Waals surface area contributed by atoms with Gasteiger partial charge in [-0.15, -0.1) is 0 Å². The lowest BCUT2D eigenvalue weighted by Crippen LogP contribution is -2.51. The maximum absolute atomic E-state index is 11.8. The monoisotopic (exact) mass is 278 g/mol. The van der Waals surface area contributed by atoms with E-state index in [0.717, 1.165) is 0 Å². The van der Waals surface area contributed by atoms with Crippen molar-refractivity contribution in [2.45, 2.75) is 31.8 Å². The van der Waals surface area contributed by atoms with Crippen molar-refractivity contribution < 1.29 is 17.9 Å². The Hall–Kier alpha value is -0.660. The van der Waals surface area contributed by atoms with Crippen LogP contribution in [0, 0.1) is 0 Å². The fraction of sp³-hybridized carbons (Fsp3) is 0.909. The van der Waals surface area contributed by atoms with E-state index in [2.05, 4.69) is 10.6 Å². The van der Waals surface area contributed by atoms with Crippen molar-refractivity contribution in [2.24, 2.45) is 0 Å². The lowest BCUT2D eigenvalue weighted by atomic mass is 10.1. The Labute approximate surface area is 108 Å². The summed E-state index contributed by atoms with van der Waals surface area (Å²) < 4.78 is 27.9. The van der Waals surface area contributed by atoms with Crippen LogP contribution in [0.2, 0.25) is 0 Å². The molecule has 0 spiro atoms. The molecule has 1 unspecified atom stereocenters. The minimum absolute atomic E-state index is 0.0329. The highest BCUT2D eigenvalue weighted by atomic mass is 32.2. The van der Waals surface area contributed by atoms with Crippen molar-refractivity contribution in [2.75, 3.05) is 31.8 Å². The van der Waals surface area contributed by atoms with Crippen LogP contribution in [0.4, 0.5) is 0 Å². The van der Waals surface area contributed by atoms with E-state index in [0.29, 0.717) is 13.2 Å². The molecule has 1 aliphatic heterocycles. The molecule has 1 amide bonds. The summed E-state index contributed by atoms with van der Waals surface area (Å²) in [6.07, 6.45) is 0.173. The molecule has 0 aromatic rings. The molecule has 6 nitrogen and oxygen atoms in total. The maximum atomic E-state index is 11.8. The molecule has 106 valence electrons. The average molecular weight is 278 g/mol. The lowest BCUT2D eigenvalue weighted by molar-refractivity contribution is -0.123. The van der Waals surface area contributed by atoms with Gasteiger partial charge in [-0.2, -0.15) is 0 Å². The van der Waals surface area contributed by atoms with Crippen molar-refractivity contribution in [3.8, 4) is 0 Å². The van der Waals surface area contributed by atoms with Gasteiger partial charge in [-0.25, -0.2) is 8.42 Å². The first kappa shape index (κ1) is 15.4. The summed E-state index contributed by atoms with van der Waals surface area (Å²) >= 11 is 0. The molecular weight excluding hydrogens is 256 g/mol. The number of ether oxygens (including phenoxy) is 1. The van der Waals surface area contributed by atoms with E-state index in [1.165, 1.54) is 0 Å². The summed E-state index contributed by atoms with van der Waals surface area (Å²) in [7, 11) is -1.43. The van der Waals surface area contributed by atoms with Crippen LogP contribution in [-0.2, 0) is 19.4 Å². The molecule has 0 radical (unpaired) electrons. The molecule has 1 atom stereocenters. The van der Waals surface area contributed by atoms with Crippen molar-refractivity contribution in [3.63, 3.8) is 0 Å². The largest absolute Gasteiger partial charge is 0.382 e. The minimum Gasteiger partial charge on any atom is -0.382 e. The molecule has 1 aliphatic rings. The molecule has 18 heavy (non-hydrogen) atoms. The molecule has 0 aromatic heterocycles. The van der Waals surface area contributed by atoms with E-state index in [1.807, 2.05) is 13.8 Å². The van der Waals surface area contributed by atoms with Gasteiger partial charge in [0.1, 0.15) is 0 Å². The second-order valence-corrected chi connectivity index (χ2v) is 7.56. The van der Waals surface area contributed by atoms with Crippen molar-refractivity contribution in [1.29, 1.82) is 0 Å². The number of rotatable bonds is 5. The highest BCUT2D eigenvalue weighted by Gasteiger charge is 2.28. The number of methoxy groups -OCH3 is 1. The zero-order chi connectivity index (χ0) is 13.8. The number of nitrogens with one attached hydrogen (secondary N) is 2. The number of hydrogen-bond acceptors (Lipinski definition) is 5. The smallest absolute Gasteiger partial charge is 0.222 e. The molecule has 0 aliphatic carbocycles. The van der Waals surface area contributed by atoms with Gasteiger partial charge in [-0.3, -0.25) is 4.79 Å². The van der Waals surface area contributed by atoms with E-state index in [1.54, 1.807) is 7.11 Å². The van der Waals surface area contributed by atoms with Gasteiger partial charge < -0.3 is 15.4 Å². The lowest BCUT2D eigenvalue weighted by Gasteiger charge is -2.28. The van der Waals surface area contributed by atoms with Gasteiger partial charge in [-0.05, 0) is 13.8 Å². The maximum Gasteiger partial charge on any atom is 0.222 e. The van der Waals surface area contributed by atoms with Crippen LogP contribution >= 0.6 is 0 Å². The van der Waals surface area contributed by atoms with Gasteiger partial charge in [0.25, 0.3) is 0 Å². The molecule has 0 aromatic carbocycles. The standard InChI is InChI=1S/C11H22N2O4S/c1-11(2,8-17-3)13-10(14)6-9-7-18(15,16)5-4-12-9/h9,12H,4-8H2,1-3H3,(H,13,14). The second-order valence-electron chi connectivity index (χ2n) is 5.33. The quantitative estimate of drug-likeness (QED) is 0.695. The van der Waals surface area contributed by atoms with Gasteiger partial charge >= 0.3 is 0 Å². The van der Waals surface area contributed by atoms with Crippen LogP contribution in [0.25, 0.3) is 0 Å². The predicted molar refractivity (Wildman–Crippen MR) is 69.2 cm³/mol. The Morgan fingerprint density at radius 3 is 2.72 bits per heavy atom. The number of carbonyl (C=O) groups excluding carboxylic acids is 1. The fourth-order valence-electron chi connectivity index (χ4n) is 2.05. The Balaban J connectivity index is 2.45. The average Bonchev–Trinajstić information content (AvgIpc) is 2.13. The normalized spacial score (nSPS) is 23.6. The van der Waals surface area contributed by atoms with Crippen LogP contribution in [0.1, 0.15) is 20.3 Å². The highest BCUT2D eigenvalue weighted by Crippen LogP contribution is 2.07. The molecule has 7 heteroatoms. The Morgan fingerprint density at radius 2 is 2.17 bits per heavy atom. The van der Waals surface area contributed by atoms with E-state index < -0.39 is 15.4 Å². The first-order chi connectivity index (χ1) is 8.24. The van der Waals surface area contributed by atoms with Crippen molar-refractivity contribution in [3.05, 3.63) is 0 Å². The zero-order valence-electron chi connectivity index (χ0n) is 11.2. The molecular formula is C11H22N2O4S. The summed E-state index contributed by atoms with van der Waals surface area (Å²) in [5.41, 5.74) is -0.445. The van der Waals surface area contributed by atoms with Crippen molar-refractivity contribution >= 4 is 15.7 Å². The Morgan fingerprint density at radius 1 is 1.50 bits per heavy atom. The minimum atomic E-state index is -3.00. The van der Waals surface area contributed by atoms with E-state index in [4.69, 9.17) is 4.74 Å². The SMILES string of the molecule is COCC(C)(C)NC(=O)CC1CS(=O)(=O)CCN1. The van der Waals surface area contributed by atoms with Gasteiger partial charge in [0.05, 0.1) is 23.7 Å². The molecule has 0 saturated carbocycles. The van der Waals surface area contributed by atoms with Crippen LogP contribution in [0.3, 0.4) is 0 Å². The molecule has 1 heterocycles. The molecule has 1 fully saturated rings. The third-order valence-electron chi connectivity index (χ3n) is 2.72. The van der Waals surface area contributed by atoms with Gasteiger partial charge in [0, 0.05) is 26.1 Å². The number of carbonyl (C=O) groups is 1. The predicted octanol–water partition coefficient (Wildman–Crippen LogP) is -0.696. The summed E-state index contributed by atoms with van der Waals surface area (Å²) in [6, 6.07) is -0.290.